The van der Waals surface area contributed by atoms with E-state index in [1.807, 2.05) is 0 Å². The van der Waals surface area contributed by atoms with Crippen LogP contribution in [0.25, 0.3) is 0 Å². The Bertz CT molecular complexity index is 332. The molecular formula is C11H18O3S. The van der Waals surface area contributed by atoms with Gasteiger partial charge >= 0.3 is 0 Å². The largest absolute Gasteiger partial charge is 0.375 e. The molecule has 1 saturated carbocycles. The smallest absolute Gasteiger partial charge is 0.150 e. The summed E-state index contributed by atoms with van der Waals surface area (Å²) in [6, 6.07) is 0. The second-order valence-corrected chi connectivity index (χ2v) is 7.74. The van der Waals surface area contributed by atoms with Gasteiger partial charge in [-0.15, -0.1) is 0 Å². The fourth-order valence-corrected chi connectivity index (χ4v) is 4.55. The molecule has 0 aromatic rings. The number of ether oxygens (including phenoxy) is 1. The molecular weight excluding hydrogens is 212 g/mol. The third-order valence-corrected chi connectivity index (χ3v) is 6.03. The van der Waals surface area contributed by atoms with Gasteiger partial charge in [0, 0.05) is 0 Å². The summed E-state index contributed by atoms with van der Waals surface area (Å²) in [7, 11) is -2.75. The Morgan fingerprint density at radius 1 is 1.07 bits per heavy atom. The predicted molar refractivity (Wildman–Crippen MR) is 57.4 cm³/mol. The van der Waals surface area contributed by atoms with E-state index in [9.17, 15) is 8.42 Å². The van der Waals surface area contributed by atoms with Crippen LogP contribution in [0.1, 0.15) is 32.1 Å². The topological polar surface area (TPSA) is 43.4 Å². The molecule has 0 radical (unpaired) electrons. The molecule has 3 fully saturated rings. The fraction of sp³-hybridized carbons (Fsp3) is 1.00. The highest BCUT2D eigenvalue weighted by Crippen LogP contribution is 2.49. The number of hydrogen-bond donors (Lipinski definition) is 0. The van der Waals surface area contributed by atoms with Crippen molar-refractivity contribution in [3.8, 4) is 0 Å². The van der Waals surface area contributed by atoms with Crippen LogP contribution in [-0.4, -0.2) is 32.1 Å². The highest BCUT2D eigenvalue weighted by Gasteiger charge is 2.46. The minimum Gasteiger partial charge on any atom is -0.375 e. The molecule has 1 spiro atoms. The minimum atomic E-state index is -2.75. The Hall–Kier alpha value is -0.0900. The van der Waals surface area contributed by atoms with Gasteiger partial charge in [0.25, 0.3) is 0 Å². The standard InChI is InChI=1S/C11H18O3S/c12-15(13)5-3-11(4-6-15)2-1-9-7-10(9)8-14-11/h9-10H,1-8H2. The van der Waals surface area contributed by atoms with Gasteiger partial charge in [0.2, 0.25) is 0 Å². The van der Waals surface area contributed by atoms with Crippen molar-refractivity contribution in [1.29, 1.82) is 0 Å². The third-order valence-electron chi connectivity index (χ3n) is 4.38. The van der Waals surface area contributed by atoms with Crippen LogP contribution in [0.4, 0.5) is 0 Å². The number of sulfone groups is 1. The van der Waals surface area contributed by atoms with Crippen molar-refractivity contribution < 1.29 is 13.2 Å². The normalized spacial score (nSPS) is 41.9. The maximum Gasteiger partial charge on any atom is 0.150 e. The van der Waals surface area contributed by atoms with Crippen molar-refractivity contribution in [2.45, 2.75) is 37.7 Å². The summed E-state index contributed by atoms with van der Waals surface area (Å²) in [6.45, 7) is 0.880. The van der Waals surface area contributed by atoms with Crippen LogP contribution in [-0.2, 0) is 14.6 Å². The monoisotopic (exact) mass is 230 g/mol. The Balaban J connectivity index is 1.70. The second kappa shape index (κ2) is 3.20. The number of fused-ring (bicyclic) bond motifs is 1. The van der Waals surface area contributed by atoms with Gasteiger partial charge < -0.3 is 4.74 Å². The first-order valence-electron chi connectivity index (χ1n) is 5.93. The van der Waals surface area contributed by atoms with E-state index in [1.54, 1.807) is 0 Å². The van der Waals surface area contributed by atoms with Gasteiger partial charge in [0.15, 0.2) is 9.84 Å². The van der Waals surface area contributed by atoms with Crippen LogP contribution < -0.4 is 0 Å². The zero-order chi connectivity index (χ0) is 10.5. The predicted octanol–water partition coefficient (Wildman–Crippen LogP) is 1.38. The second-order valence-electron chi connectivity index (χ2n) is 5.44. The van der Waals surface area contributed by atoms with Gasteiger partial charge in [-0.2, -0.15) is 0 Å². The molecule has 86 valence electrons. The summed E-state index contributed by atoms with van der Waals surface area (Å²) in [5.41, 5.74) is -0.0707. The van der Waals surface area contributed by atoms with E-state index in [0.717, 1.165) is 37.7 Å². The van der Waals surface area contributed by atoms with Gasteiger partial charge in [-0.3, -0.25) is 0 Å². The van der Waals surface area contributed by atoms with Gasteiger partial charge in [-0.1, -0.05) is 0 Å². The summed E-state index contributed by atoms with van der Waals surface area (Å²) in [5, 5.41) is 0. The highest BCUT2D eigenvalue weighted by atomic mass is 32.2. The van der Waals surface area contributed by atoms with Crippen LogP contribution >= 0.6 is 0 Å². The SMILES string of the molecule is O=S1(=O)CCC2(CCC3CC3CO2)CC1. The molecule has 0 aromatic heterocycles. The van der Waals surface area contributed by atoms with Crippen molar-refractivity contribution in [3.63, 3.8) is 0 Å². The average Bonchev–Trinajstić information content (AvgIpc) is 2.93. The molecule has 0 N–H and O–H groups in total. The summed E-state index contributed by atoms with van der Waals surface area (Å²) in [6.07, 6.45) is 5.15. The van der Waals surface area contributed by atoms with Gasteiger partial charge in [0.05, 0.1) is 23.7 Å². The first kappa shape index (κ1) is 10.1. The lowest BCUT2D eigenvalue weighted by Crippen LogP contribution is -2.41. The maximum atomic E-state index is 11.4. The molecule has 3 aliphatic rings. The van der Waals surface area contributed by atoms with Crippen molar-refractivity contribution >= 4 is 9.84 Å². The van der Waals surface area contributed by atoms with Crippen LogP contribution in [0.2, 0.25) is 0 Å². The Morgan fingerprint density at radius 2 is 1.80 bits per heavy atom. The third kappa shape index (κ3) is 1.94. The van der Waals surface area contributed by atoms with E-state index < -0.39 is 9.84 Å². The van der Waals surface area contributed by atoms with E-state index in [0.29, 0.717) is 11.5 Å². The van der Waals surface area contributed by atoms with E-state index >= 15 is 0 Å². The highest BCUT2D eigenvalue weighted by molar-refractivity contribution is 7.91. The molecule has 0 bridgehead atoms. The van der Waals surface area contributed by atoms with E-state index in [4.69, 9.17) is 4.74 Å². The van der Waals surface area contributed by atoms with Crippen molar-refractivity contribution in [2.75, 3.05) is 18.1 Å². The van der Waals surface area contributed by atoms with Crippen molar-refractivity contribution in [1.82, 2.24) is 0 Å². The van der Waals surface area contributed by atoms with Crippen LogP contribution in [0.3, 0.4) is 0 Å². The van der Waals surface area contributed by atoms with E-state index in [2.05, 4.69) is 0 Å². The fourth-order valence-electron chi connectivity index (χ4n) is 2.98. The average molecular weight is 230 g/mol. The lowest BCUT2D eigenvalue weighted by molar-refractivity contribution is -0.0562. The molecule has 2 heterocycles. The van der Waals surface area contributed by atoms with E-state index in [1.165, 1.54) is 12.8 Å². The van der Waals surface area contributed by atoms with Crippen LogP contribution in [0, 0.1) is 11.8 Å². The van der Waals surface area contributed by atoms with Crippen molar-refractivity contribution in [3.05, 3.63) is 0 Å². The molecule has 0 amide bonds. The molecule has 4 heteroatoms. The molecule has 0 aromatic carbocycles. The van der Waals surface area contributed by atoms with Gasteiger partial charge in [0.1, 0.15) is 0 Å². The molecule has 3 rings (SSSR count). The maximum absolute atomic E-state index is 11.4. The van der Waals surface area contributed by atoms with Crippen LogP contribution in [0.5, 0.6) is 0 Å². The molecule has 1 aliphatic carbocycles. The first-order valence-corrected chi connectivity index (χ1v) is 7.75. The number of rotatable bonds is 0. The number of hydrogen-bond acceptors (Lipinski definition) is 3. The zero-order valence-corrected chi connectivity index (χ0v) is 9.76. The molecule has 2 atom stereocenters. The molecule has 2 unspecified atom stereocenters. The van der Waals surface area contributed by atoms with Gasteiger partial charge in [-0.25, -0.2) is 8.42 Å². The Kier molecular flexibility index (Phi) is 2.15. The Morgan fingerprint density at radius 3 is 2.53 bits per heavy atom. The summed E-state index contributed by atoms with van der Waals surface area (Å²) in [5.74, 6) is 2.36. The summed E-state index contributed by atoms with van der Waals surface area (Å²) < 4.78 is 28.8. The summed E-state index contributed by atoms with van der Waals surface area (Å²) >= 11 is 0. The zero-order valence-electron chi connectivity index (χ0n) is 8.94. The summed E-state index contributed by atoms with van der Waals surface area (Å²) in [4.78, 5) is 0. The van der Waals surface area contributed by atoms with Gasteiger partial charge in [-0.05, 0) is 43.9 Å². The molecule has 2 saturated heterocycles. The molecule has 2 aliphatic heterocycles. The van der Waals surface area contributed by atoms with E-state index in [-0.39, 0.29) is 5.60 Å². The first-order chi connectivity index (χ1) is 7.09. The quantitative estimate of drug-likeness (QED) is 0.631. The Labute approximate surface area is 91.1 Å². The molecule has 3 nitrogen and oxygen atoms in total. The van der Waals surface area contributed by atoms with Crippen LogP contribution in [0.15, 0.2) is 0 Å². The molecule has 15 heavy (non-hydrogen) atoms. The lowest BCUT2D eigenvalue weighted by atomic mass is 9.90. The minimum absolute atomic E-state index is 0.0707. The van der Waals surface area contributed by atoms with Crippen molar-refractivity contribution in [2.24, 2.45) is 11.8 Å². The lowest BCUT2D eigenvalue weighted by Gasteiger charge is -2.36.